The Hall–Kier alpha value is -2.34. The minimum Gasteiger partial charge on any atom is -0.508 e. The summed E-state index contributed by atoms with van der Waals surface area (Å²) in [6.45, 7) is 3.54. The van der Waals surface area contributed by atoms with Crippen LogP contribution in [0.1, 0.15) is 18.1 Å². The zero-order valence-electron chi connectivity index (χ0n) is 11.7. The molecule has 0 amide bonds. The second-order valence-corrected chi connectivity index (χ2v) is 6.32. The van der Waals surface area contributed by atoms with Crippen molar-refractivity contribution in [2.24, 2.45) is 5.10 Å². The molecule has 0 bridgehead atoms. The predicted octanol–water partition coefficient (Wildman–Crippen LogP) is 2.40. The van der Waals surface area contributed by atoms with E-state index in [0.717, 1.165) is 5.56 Å². The average molecular weight is 304 g/mol. The molecule has 0 radical (unpaired) electrons. The Bertz CT molecular complexity index is 766. The Balaban J connectivity index is 2.21. The molecule has 0 aliphatic rings. The van der Waals surface area contributed by atoms with Gasteiger partial charge in [0.05, 0.1) is 10.6 Å². The zero-order valence-corrected chi connectivity index (χ0v) is 12.6. The van der Waals surface area contributed by atoms with Crippen LogP contribution in [0.2, 0.25) is 0 Å². The van der Waals surface area contributed by atoms with Gasteiger partial charge in [-0.3, -0.25) is 0 Å². The molecule has 0 aliphatic carbocycles. The van der Waals surface area contributed by atoms with Gasteiger partial charge in [-0.1, -0.05) is 29.8 Å². The van der Waals surface area contributed by atoms with Crippen LogP contribution in [-0.4, -0.2) is 19.2 Å². The molecule has 0 fully saturated rings. The van der Waals surface area contributed by atoms with Gasteiger partial charge >= 0.3 is 0 Å². The predicted molar refractivity (Wildman–Crippen MR) is 81.8 cm³/mol. The first-order valence-corrected chi connectivity index (χ1v) is 7.79. The second-order valence-electron chi connectivity index (χ2n) is 4.66. The first-order valence-electron chi connectivity index (χ1n) is 6.31. The van der Waals surface area contributed by atoms with Crippen molar-refractivity contribution in [2.45, 2.75) is 18.7 Å². The molecule has 6 heteroatoms. The highest BCUT2D eigenvalue weighted by Gasteiger charge is 2.12. The van der Waals surface area contributed by atoms with E-state index in [0.29, 0.717) is 11.3 Å². The van der Waals surface area contributed by atoms with E-state index in [1.807, 2.05) is 6.92 Å². The molecule has 0 saturated heterocycles. The summed E-state index contributed by atoms with van der Waals surface area (Å²) in [6, 6.07) is 12.9. The molecule has 0 atom stereocenters. The molecule has 0 unspecified atom stereocenters. The largest absolute Gasteiger partial charge is 0.508 e. The highest BCUT2D eigenvalue weighted by atomic mass is 32.2. The Morgan fingerprint density at radius 1 is 1.14 bits per heavy atom. The topological polar surface area (TPSA) is 78.8 Å². The third-order valence-electron chi connectivity index (χ3n) is 2.93. The van der Waals surface area contributed by atoms with Gasteiger partial charge < -0.3 is 5.11 Å². The molecule has 2 rings (SSSR count). The lowest BCUT2D eigenvalue weighted by Gasteiger charge is -2.06. The minimum absolute atomic E-state index is 0.100. The van der Waals surface area contributed by atoms with Gasteiger partial charge in [0.25, 0.3) is 10.0 Å². The standard InChI is InChI=1S/C15H16N2O3S/c1-11-6-8-15(9-7-11)21(19,20)17-16-12(2)13-4-3-5-14(18)10-13/h3-10,17-18H,1-2H3/b16-12+. The van der Waals surface area contributed by atoms with Gasteiger partial charge in [-0.25, -0.2) is 0 Å². The molecule has 2 aromatic carbocycles. The van der Waals surface area contributed by atoms with Crippen LogP contribution in [0.5, 0.6) is 5.75 Å². The maximum atomic E-state index is 12.1. The number of phenolic OH excluding ortho intramolecular Hbond substituents is 1. The smallest absolute Gasteiger partial charge is 0.276 e. The average Bonchev–Trinajstić information content (AvgIpc) is 2.45. The first kappa shape index (κ1) is 15.1. The van der Waals surface area contributed by atoms with Crippen LogP contribution in [0.4, 0.5) is 0 Å². The number of aryl methyl sites for hydroxylation is 1. The lowest BCUT2D eigenvalue weighted by atomic mass is 10.1. The lowest BCUT2D eigenvalue weighted by molar-refractivity contribution is 0.475. The van der Waals surface area contributed by atoms with E-state index < -0.39 is 10.0 Å². The molecule has 0 saturated carbocycles. The maximum absolute atomic E-state index is 12.1. The summed E-state index contributed by atoms with van der Waals surface area (Å²) in [4.78, 5) is 2.34. The van der Waals surface area contributed by atoms with E-state index in [9.17, 15) is 13.5 Å². The first-order chi connectivity index (χ1) is 9.88. The molecule has 2 N–H and O–H groups in total. The van der Waals surface area contributed by atoms with E-state index in [2.05, 4.69) is 9.93 Å². The summed E-state index contributed by atoms with van der Waals surface area (Å²) in [6.07, 6.45) is 0. The fourth-order valence-electron chi connectivity index (χ4n) is 1.69. The van der Waals surface area contributed by atoms with Crippen molar-refractivity contribution < 1.29 is 13.5 Å². The molecule has 2 aromatic rings. The molecular weight excluding hydrogens is 288 g/mol. The number of aromatic hydroxyl groups is 1. The van der Waals surface area contributed by atoms with Crippen LogP contribution in [0.25, 0.3) is 0 Å². The third kappa shape index (κ3) is 3.82. The van der Waals surface area contributed by atoms with Gasteiger partial charge in [0, 0.05) is 5.56 Å². The fourth-order valence-corrected chi connectivity index (χ4v) is 2.55. The molecule has 0 heterocycles. The van der Waals surface area contributed by atoms with Crippen LogP contribution < -0.4 is 4.83 Å². The van der Waals surface area contributed by atoms with Crippen molar-refractivity contribution >= 4 is 15.7 Å². The second kappa shape index (κ2) is 5.97. The summed E-state index contributed by atoms with van der Waals surface area (Å²) in [5.41, 5.74) is 2.08. The van der Waals surface area contributed by atoms with Gasteiger partial charge in [-0.05, 0) is 38.1 Å². The van der Waals surface area contributed by atoms with Crippen LogP contribution in [0.3, 0.4) is 0 Å². The van der Waals surface area contributed by atoms with Crippen LogP contribution in [0, 0.1) is 6.92 Å². The van der Waals surface area contributed by atoms with Gasteiger partial charge in [0.15, 0.2) is 0 Å². The summed E-state index contributed by atoms with van der Waals surface area (Å²) in [5.74, 6) is 0.100. The Morgan fingerprint density at radius 3 is 2.43 bits per heavy atom. The normalized spacial score (nSPS) is 12.2. The number of phenols is 1. The Kier molecular flexibility index (Phi) is 4.28. The van der Waals surface area contributed by atoms with E-state index in [1.165, 1.54) is 24.3 Å². The van der Waals surface area contributed by atoms with Crippen molar-refractivity contribution in [3.8, 4) is 5.75 Å². The van der Waals surface area contributed by atoms with Gasteiger partial charge in [0.1, 0.15) is 5.75 Å². The number of hydrazone groups is 1. The zero-order chi connectivity index (χ0) is 15.5. The van der Waals surface area contributed by atoms with Crippen LogP contribution in [-0.2, 0) is 10.0 Å². The number of rotatable bonds is 4. The molecule has 0 aromatic heterocycles. The van der Waals surface area contributed by atoms with Crippen molar-refractivity contribution in [3.63, 3.8) is 0 Å². The molecule has 110 valence electrons. The van der Waals surface area contributed by atoms with E-state index in [4.69, 9.17) is 0 Å². The van der Waals surface area contributed by atoms with E-state index in [1.54, 1.807) is 31.2 Å². The number of nitrogens with zero attached hydrogens (tertiary/aromatic N) is 1. The maximum Gasteiger partial charge on any atom is 0.276 e. The number of nitrogens with one attached hydrogen (secondary N) is 1. The Morgan fingerprint density at radius 2 is 1.81 bits per heavy atom. The van der Waals surface area contributed by atoms with Crippen molar-refractivity contribution in [3.05, 3.63) is 59.7 Å². The van der Waals surface area contributed by atoms with Crippen LogP contribution >= 0.6 is 0 Å². The van der Waals surface area contributed by atoms with Crippen molar-refractivity contribution in [1.82, 2.24) is 4.83 Å². The molecule has 5 nitrogen and oxygen atoms in total. The number of sulfonamides is 1. The van der Waals surface area contributed by atoms with Crippen LogP contribution in [0.15, 0.2) is 58.5 Å². The minimum atomic E-state index is -3.69. The van der Waals surface area contributed by atoms with Gasteiger partial charge in [-0.15, -0.1) is 0 Å². The summed E-state index contributed by atoms with van der Waals surface area (Å²) in [5, 5.41) is 13.3. The van der Waals surface area contributed by atoms with Gasteiger partial charge in [0.2, 0.25) is 0 Å². The highest BCUT2D eigenvalue weighted by molar-refractivity contribution is 7.89. The van der Waals surface area contributed by atoms with Crippen molar-refractivity contribution in [2.75, 3.05) is 0 Å². The van der Waals surface area contributed by atoms with E-state index in [-0.39, 0.29) is 10.6 Å². The number of hydrogen-bond acceptors (Lipinski definition) is 4. The lowest BCUT2D eigenvalue weighted by Crippen LogP contribution is -2.19. The van der Waals surface area contributed by atoms with Crippen molar-refractivity contribution in [1.29, 1.82) is 0 Å². The fraction of sp³-hybridized carbons (Fsp3) is 0.133. The SMILES string of the molecule is C/C(=N\NS(=O)(=O)c1ccc(C)cc1)c1cccc(O)c1. The summed E-state index contributed by atoms with van der Waals surface area (Å²) >= 11 is 0. The third-order valence-corrected chi connectivity index (χ3v) is 4.15. The summed E-state index contributed by atoms with van der Waals surface area (Å²) in [7, 11) is -3.69. The Labute approximate surface area is 124 Å². The molecule has 21 heavy (non-hydrogen) atoms. The van der Waals surface area contributed by atoms with E-state index >= 15 is 0 Å². The highest BCUT2D eigenvalue weighted by Crippen LogP contribution is 2.13. The monoisotopic (exact) mass is 304 g/mol. The number of benzene rings is 2. The van der Waals surface area contributed by atoms with Gasteiger partial charge in [-0.2, -0.15) is 18.4 Å². The molecule has 0 spiro atoms. The quantitative estimate of drug-likeness (QED) is 0.672. The molecular formula is C15H16N2O3S. The number of hydrogen-bond donors (Lipinski definition) is 2. The summed E-state index contributed by atoms with van der Waals surface area (Å²) < 4.78 is 24.2. The molecule has 0 aliphatic heterocycles.